The Morgan fingerprint density at radius 3 is 2.53 bits per heavy atom. The van der Waals surface area contributed by atoms with Crippen LogP contribution in [0.25, 0.3) is 0 Å². The van der Waals surface area contributed by atoms with Crippen molar-refractivity contribution in [2.75, 3.05) is 7.05 Å². The van der Waals surface area contributed by atoms with E-state index in [1.807, 2.05) is 0 Å². The van der Waals surface area contributed by atoms with Crippen LogP contribution in [0.4, 0.5) is 0 Å². The normalized spacial score (nSPS) is 50.3. The maximum absolute atomic E-state index is 6.60. The highest BCUT2D eigenvalue weighted by atomic mass is 32.1. The van der Waals surface area contributed by atoms with Crippen molar-refractivity contribution in [2.24, 2.45) is 11.3 Å². The Kier molecular flexibility index (Phi) is 2.71. The lowest BCUT2D eigenvalue weighted by Gasteiger charge is -2.53. The zero-order valence-electron chi connectivity index (χ0n) is 10.3. The van der Waals surface area contributed by atoms with Gasteiger partial charge in [-0.05, 0) is 37.6 Å². The van der Waals surface area contributed by atoms with Crippen molar-refractivity contribution in [3.8, 4) is 0 Å². The van der Waals surface area contributed by atoms with Gasteiger partial charge >= 0.3 is 0 Å². The van der Waals surface area contributed by atoms with Gasteiger partial charge in [0.1, 0.15) is 0 Å². The number of hydrogen-bond donors (Lipinski definition) is 1. The Balaban J connectivity index is 2.29. The molecule has 4 atom stereocenters. The molecule has 84 valence electrons. The van der Waals surface area contributed by atoms with E-state index < -0.39 is 0 Å². The molecule has 4 unspecified atom stereocenters. The summed E-state index contributed by atoms with van der Waals surface area (Å²) in [6.07, 6.45) is 3.64. The van der Waals surface area contributed by atoms with Crippen molar-refractivity contribution < 1.29 is 0 Å². The zero-order chi connectivity index (χ0) is 11.4. The number of hydrogen-bond acceptors (Lipinski definition) is 2. The van der Waals surface area contributed by atoms with Gasteiger partial charge in [-0.15, -0.1) is 0 Å². The first-order valence-corrected chi connectivity index (χ1v) is 6.48. The molecule has 1 saturated heterocycles. The highest BCUT2D eigenvalue weighted by molar-refractivity contribution is 7.80. The second-order valence-electron chi connectivity index (χ2n) is 6.26. The van der Waals surface area contributed by atoms with Crippen LogP contribution < -0.4 is 0 Å². The van der Waals surface area contributed by atoms with E-state index in [-0.39, 0.29) is 10.7 Å². The molecule has 0 bridgehead atoms. The maximum atomic E-state index is 6.60. The zero-order valence-corrected chi connectivity index (χ0v) is 11.2. The SMILES string of the molecule is [B]C1(C)C2CC(S)N(C)C2CCC1(C)C. The molecule has 0 N–H and O–H groups in total. The Morgan fingerprint density at radius 2 is 1.93 bits per heavy atom. The van der Waals surface area contributed by atoms with Crippen LogP contribution >= 0.6 is 12.6 Å². The summed E-state index contributed by atoms with van der Waals surface area (Å²) in [7, 11) is 8.80. The van der Waals surface area contributed by atoms with Crippen LogP contribution in [-0.2, 0) is 0 Å². The van der Waals surface area contributed by atoms with Crippen LogP contribution in [0.2, 0.25) is 5.31 Å². The molecule has 1 saturated carbocycles. The standard InChI is InChI=1S/C12H22BNS/c1-11(2)6-5-9-8(12(11,3)13)7-10(15)14(9)4/h8-10,15H,5-7H2,1-4H3. The van der Waals surface area contributed by atoms with Crippen LogP contribution in [0.5, 0.6) is 0 Å². The van der Waals surface area contributed by atoms with Gasteiger partial charge in [0.15, 0.2) is 0 Å². The van der Waals surface area contributed by atoms with Gasteiger partial charge in [-0.3, -0.25) is 4.90 Å². The van der Waals surface area contributed by atoms with E-state index in [2.05, 4.69) is 45.3 Å². The van der Waals surface area contributed by atoms with Crippen molar-refractivity contribution in [1.82, 2.24) is 4.90 Å². The van der Waals surface area contributed by atoms with E-state index in [0.29, 0.717) is 17.3 Å². The van der Waals surface area contributed by atoms with E-state index in [1.165, 1.54) is 12.8 Å². The van der Waals surface area contributed by atoms with Crippen molar-refractivity contribution in [2.45, 2.75) is 56.8 Å². The molecule has 2 fully saturated rings. The molecule has 3 heteroatoms. The predicted molar refractivity (Wildman–Crippen MR) is 69.6 cm³/mol. The molecule has 2 radical (unpaired) electrons. The van der Waals surface area contributed by atoms with Crippen molar-refractivity contribution in [1.29, 1.82) is 0 Å². The molecule has 1 heterocycles. The van der Waals surface area contributed by atoms with Gasteiger partial charge in [0.05, 0.1) is 13.2 Å². The van der Waals surface area contributed by atoms with Crippen LogP contribution in [-0.4, -0.2) is 31.2 Å². The quantitative estimate of drug-likeness (QED) is 0.488. The minimum atomic E-state index is -0.0539. The summed E-state index contributed by atoms with van der Waals surface area (Å²) in [6.45, 7) is 6.87. The van der Waals surface area contributed by atoms with Gasteiger partial charge in [-0.25, -0.2) is 0 Å². The Hall–Kier alpha value is 0.375. The topological polar surface area (TPSA) is 3.24 Å². The number of likely N-dealkylation sites (tertiary alicyclic amines) is 1. The second kappa shape index (κ2) is 3.43. The van der Waals surface area contributed by atoms with Crippen molar-refractivity contribution >= 4 is 20.5 Å². The first-order valence-electron chi connectivity index (χ1n) is 5.96. The lowest BCUT2D eigenvalue weighted by molar-refractivity contribution is 0.0680. The van der Waals surface area contributed by atoms with Gasteiger partial charge in [-0.2, -0.15) is 12.6 Å². The molecule has 2 aliphatic rings. The van der Waals surface area contributed by atoms with Crippen LogP contribution in [0.3, 0.4) is 0 Å². The lowest BCUT2D eigenvalue weighted by atomic mass is 9.44. The summed E-state index contributed by atoms with van der Waals surface area (Å²) < 4.78 is 0. The van der Waals surface area contributed by atoms with Gasteiger partial charge < -0.3 is 0 Å². The van der Waals surface area contributed by atoms with Crippen molar-refractivity contribution in [3.05, 3.63) is 0 Å². The van der Waals surface area contributed by atoms with E-state index in [0.717, 1.165) is 6.42 Å². The molecule has 2 rings (SSSR count). The highest BCUT2D eigenvalue weighted by Crippen LogP contribution is 2.61. The molecular weight excluding hydrogens is 201 g/mol. The van der Waals surface area contributed by atoms with Crippen LogP contribution in [0.15, 0.2) is 0 Å². The van der Waals surface area contributed by atoms with E-state index in [4.69, 9.17) is 7.85 Å². The lowest BCUT2D eigenvalue weighted by Crippen LogP contribution is -2.47. The summed E-state index contributed by atoms with van der Waals surface area (Å²) in [5.41, 5.74) is 0.257. The third-order valence-corrected chi connectivity index (χ3v) is 5.79. The molecule has 0 amide bonds. The first-order chi connectivity index (χ1) is 6.77. The Morgan fingerprint density at radius 1 is 1.33 bits per heavy atom. The molecule has 0 aromatic heterocycles. The molecule has 15 heavy (non-hydrogen) atoms. The van der Waals surface area contributed by atoms with Gasteiger partial charge in [0.2, 0.25) is 0 Å². The van der Waals surface area contributed by atoms with Crippen molar-refractivity contribution in [3.63, 3.8) is 0 Å². The average molecular weight is 223 g/mol. The van der Waals surface area contributed by atoms with Gasteiger partial charge in [0, 0.05) is 6.04 Å². The van der Waals surface area contributed by atoms with E-state index in [1.54, 1.807) is 0 Å². The Bertz CT molecular complexity index is 264. The largest absolute Gasteiger partial charge is 0.291 e. The predicted octanol–water partition coefficient (Wildman–Crippen LogP) is 2.73. The molecule has 0 aromatic rings. The van der Waals surface area contributed by atoms with Crippen LogP contribution in [0, 0.1) is 11.3 Å². The fourth-order valence-corrected chi connectivity index (χ4v) is 3.78. The maximum Gasteiger partial charge on any atom is 0.0754 e. The number of thiol groups is 1. The number of rotatable bonds is 0. The summed E-state index contributed by atoms with van der Waals surface area (Å²) in [5.74, 6) is 0.605. The molecular formula is C12H22BNS. The molecule has 1 aliphatic carbocycles. The summed E-state index contributed by atoms with van der Waals surface area (Å²) in [6, 6.07) is 0.649. The highest BCUT2D eigenvalue weighted by Gasteiger charge is 2.53. The van der Waals surface area contributed by atoms with E-state index in [9.17, 15) is 0 Å². The second-order valence-corrected chi connectivity index (χ2v) is 6.86. The summed E-state index contributed by atoms with van der Waals surface area (Å²) in [5, 5.41) is 0.346. The summed E-state index contributed by atoms with van der Waals surface area (Å²) in [4.78, 5) is 2.41. The molecule has 1 nitrogen and oxygen atoms in total. The van der Waals surface area contributed by atoms with E-state index >= 15 is 0 Å². The fraction of sp³-hybridized carbons (Fsp3) is 1.00. The molecule has 1 aliphatic heterocycles. The monoisotopic (exact) mass is 223 g/mol. The molecule has 0 spiro atoms. The molecule has 0 aromatic carbocycles. The minimum Gasteiger partial charge on any atom is -0.291 e. The van der Waals surface area contributed by atoms with Crippen LogP contribution in [0.1, 0.15) is 40.0 Å². The van der Waals surface area contributed by atoms with Gasteiger partial charge in [-0.1, -0.05) is 26.1 Å². The number of nitrogens with zero attached hydrogens (tertiary/aromatic N) is 1. The smallest absolute Gasteiger partial charge is 0.0754 e. The Labute approximate surface area is 101 Å². The summed E-state index contributed by atoms with van der Waals surface area (Å²) >= 11 is 4.65. The third-order valence-electron chi connectivity index (χ3n) is 5.22. The number of fused-ring (bicyclic) bond motifs is 1. The first kappa shape index (κ1) is 11.8. The minimum absolute atomic E-state index is 0.0539. The fourth-order valence-electron chi connectivity index (χ4n) is 3.38. The average Bonchev–Trinajstić information content (AvgIpc) is 2.40. The van der Waals surface area contributed by atoms with Gasteiger partial charge in [0.25, 0.3) is 0 Å². The third kappa shape index (κ3) is 1.58.